The molecule has 6 heteroatoms. The van der Waals surface area contributed by atoms with Gasteiger partial charge >= 0.3 is 0 Å². The van der Waals surface area contributed by atoms with Gasteiger partial charge in [0.05, 0.1) is 5.75 Å². The third-order valence-corrected chi connectivity index (χ3v) is 3.13. The van der Waals surface area contributed by atoms with Gasteiger partial charge in [0.1, 0.15) is 6.04 Å². The predicted molar refractivity (Wildman–Crippen MR) is 55.7 cm³/mol. The molecule has 4 N–H and O–H groups in total. The zero-order valence-electron chi connectivity index (χ0n) is 7.94. The standard InChI is InChI=1S/C8H15N3O2S/c9-2-4-14-5-7(12)11-3-1-6(11)8(10)13/h6H,1-5,9H2,(H2,10,13). The van der Waals surface area contributed by atoms with Crippen LogP contribution in [0.15, 0.2) is 0 Å². The van der Waals surface area contributed by atoms with Crippen molar-refractivity contribution in [2.24, 2.45) is 11.5 Å². The van der Waals surface area contributed by atoms with Crippen molar-refractivity contribution in [3.8, 4) is 0 Å². The molecule has 80 valence electrons. The van der Waals surface area contributed by atoms with Gasteiger partial charge in [0.25, 0.3) is 0 Å². The van der Waals surface area contributed by atoms with Crippen LogP contribution in [0.4, 0.5) is 0 Å². The maximum absolute atomic E-state index is 11.5. The van der Waals surface area contributed by atoms with Crippen molar-refractivity contribution in [1.29, 1.82) is 0 Å². The van der Waals surface area contributed by atoms with E-state index in [-0.39, 0.29) is 11.9 Å². The molecule has 14 heavy (non-hydrogen) atoms. The molecule has 1 heterocycles. The molecule has 0 aliphatic carbocycles. The van der Waals surface area contributed by atoms with Gasteiger partial charge in [0, 0.05) is 18.8 Å². The number of likely N-dealkylation sites (tertiary alicyclic amines) is 1. The fourth-order valence-corrected chi connectivity index (χ4v) is 1.96. The first-order chi connectivity index (χ1) is 6.66. The van der Waals surface area contributed by atoms with Crippen molar-refractivity contribution in [2.45, 2.75) is 12.5 Å². The molecule has 0 spiro atoms. The van der Waals surface area contributed by atoms with Gasteiger partial charge in [-0.05, 0) is 6.42 Å². The molecule has 2 amide bonds. The van der Waals surface area contributed by atoms with Gasteiger partial charge in [0.15, 0.2) is 0 Å². The lowest BCUT2D eigenvalue weighted by molar-refractivity contribution is -0.143. The van der Waals surface area contributed by atoms with Crippen molar-refractivity contribution in [3.05, 3.63) is 0 Å². The van der Waals surface area contributed by atoms with Crippen molar-refractivity contribution < 1.29 is 9.59 Å². The highest BCUT2D eigenvalue weighted by Crippen LogP contribution is 2.18. The number of thioether (sulfide) groups is 1. The molecular weight excluding hydrogens is 202 g/mol. The number of hydrogen-bond acceptors (Lipinski definition) is 4. The monoisotopic (exact) mass is 217 g/mol. The molecule has 1 unspecified atom stereocenters. The Balaban J connectivity index is 2.27. The lowest BCUT2D eigenvalue weighted by Crippen LogP contribution is -2.57. The highest BCUT2D eigenvalue weighted by atomic mass is 32.2. The van der Waals surface area contributed by atoms with E-state index in [2.05, 4.69) is 0 Å². The van der Waals surface area contributed by atoms with E-state index in [0.29, 0.717) is 25.3 Å². The third-order valence-electron chi connectivity index (χ3n) is 2.16. The number of carbonyl (C=O) groups excluding carboxylic acids is 2. The van der Waals surface area contributed by atoms with Gasteiger partial charge in [-0.15, -0.1) is 0 Å². The highest BCUT2D eigenvalue weighted by Gasteiger charge is 2.35. The smallest absolute Gasteiger partial charge is 0.240 e. The first-order valence-electron chi connectivity index (χ1n) is 4.53. The predicted octanol–water partition coefficient (Wildman–Crippen LogP) is -1.24. The fourth-order valence-electron chi connectivity index (χ4n) is 1.31. The van der Waals surface area contributed by atoms with E-state index in [4.69, 9.17) is 11.5 Å². The average Bonchev–Trinajstić information content (AvgIpc) is 2.01. The number of amides is 2. The Morgan fingerprint density at radius 3 is 2.64 bits per heavy atom. The molecule has 1 saturated heterocycles. The molecule has 1 fully saturated rings. The van der Waals surface area contributed by atoms with Gasteiger partial charge in [-0.3, -0.25) is 9.59 Å². The minimum absolute atomic E-state index is 0.0153. The van der Waals surface area contributed by atoms with Gasteiger partial charge in [-0.2, -0.15) is 11.8 Å². The summed E-state index contributed by atoms with van der Waals surface area (Å²) >= 11 is 1.48. The Hall–Kier alpha value is -0.750. The number of nitrogens with two attached hydrogens (primary N) is 2. The maximum Gasteiger partial charge on any atom is 0.240 e. The van der Waals surface area contributed by atoms with Crippen LogP contribution in [0.25, 0.3) is 0 Å². The van der Waals surface area contributed by atoms with Gasteiger partial charge in [-0.1, -0.05) is 0 Å². The number of carbonyl (C=O) groups is 2. The summed E-state index contributed by atoms with van der Waals surface area (Å²) in [6, 6.07) is -0.374. The topological polar surface area (TPSA) is 89.4 Å². The summed E-state index contributed by atoms with van der Waals surface area (Å²) in [6.45, 7) is 1.22. The second kappa shape index (κ2) is 5.21. The van der Waals surface area contributed by atoms with E-state index in [0.717, 1.165) is 5.75 Å². The van der Waals surface area contributed by atoms with E-state index in [1.165, 1.54) is 16.7 Å². The molecule has 0 aromatic rings. The van der Waals surface area contributed by atoms with E-state index >= 15 is 0 Å². The summed E-state index contributed by atoms with van der Waals surface area (Å²) in [5.74, 6) is 0.730. The zero-order chi connectivity index (χ0) is 10.6. The molecule has 1 aliphatic rings. The summed E-state index contributed by atoms with van der Waals surface area (Å²) < 4.78 is 0. The summed E-state index contributed by atoms with van der Waals surface area (Å²) in [4.78, 5) is 23.8. The number of primary amides is 1. The minimum atomic E-state index is -0.409. The highest BCUT2D eigenvalue weighted by molar-refractivity contribution is 7.99. The van der Waals surface area contributed by atoms with Crippen LogP contribution >= 0.6 is 11.8 Å². The lowest BCUT2D eigenvalue weighted by atomic mass is 10.0. The molecule has 1 rings (SSSR count). The molecule has 0 aromatic heterocycles. The third kappa shape index (κ3) is 2.62. The summed E-state index contributed by atoms with van der Waals surface area (Å²) in [5, 5.41) is 0. The summed E-state index contributed by atoms with van der Waals surface area (Å²) in [7, 11) is 0. The van der Waals surface area contributed by atoms with Crippen LogP contribution in [0, 0.1) is 0 Å². The molecule has 0 radical (unpaired) electrons. The quantitative estimate of drug-likeness (QED) is 0.564. The SMILES string of the molecule is NCCSCC(=O)N1CCC1C(N)=O. The number of rotatable bonds is 5. The van der Waals surface area contributed by atoms with Gasteiger partial charge in [0.2, 0.25) is 11.8 Å². The fraction of sp³-hybridized carbons (Fsp3) is 0.750. The first-order valence-corrected chi connectivity index (χ1v) is 5.69. The van der Waals surface area contributed by atoms with Crippen LogP contribution in [0.2, 0.25) is 0 Å². The van der Waals surface area contributed by atoms with E-state index in [1.54, 1.807) is 0 Å². The van der Waals surface area contributed by atoms with E-state index in [9.17, 15) is 9.59 Å². The molecule has 5 nitrogen and oxygen atoms in total. The second-order valence-electron chi connectivity index (χ2n) is 3.14. The Labute approximate surface area is 87.2 Å². The molecule has 1 atom stereocenters. The van der Waals surface area contributed by atoms with Crippen LogP contribution in [0.5, 0.6) is 0 Å². The second-order valence-corrected chi connectivity index (χ2v) is 4.24. The summed E-state index contributed by atoms with van der Waals surface area (Å²) in [5.41, 5.74) is 10.4. The van der Waals surface area contributed by atoms with Crippen molar-refractivity contribution in [2.75, 3.05) is 24.6 Å². The van der Waals surface area contributed by atoms with Crippen molar-refractivity contribution in [1.82, 2.24) is 4.90 Å². The van der Waals surface area contributed by atoms with Crippen LogP contribution in [-0.4, -0.2) is 47.4 Å². The normalized spacial score (nSPS) is 20.4. The van der Waals surface area contributed by atoms with Gasteiger partial charge < -0.3 is 16.4 Å². The van der Waals surface area contributed by atoms with Crippen molar-refractivity contribution in [3.63, 3.8) is 0 Å². The summed E-state index contributed by atoms with van der Waals surface area (Å²) in [6.07, 6.45) is 0.697. The number of nitrogens with zero attached hydrogens (tertiary/aromatic N) is 1. The number of hydrogen-bond donors (Lipinski definition) is 2. The van der Waals surface area contributed by atoms with E-state index < -0.39 is 5.91 Å². The molecule has 1 aliphatic heterocycles. The maximum atomic E-state index is 11.5. The first kappa shape index (κ1) is 11.3. The Morgan fingerprint density at radius 1 is 1.50 bits per heavy atom. The van der Waals surface area contributed by atoms with Gasteiger partial charge in [-0.25, -0.2) is 0 Å². The molecule has 0 bridgehead atoms. The Kier molecular flexibility index (Phi) is 4.21. The Bertz CT molecular complexity index is 235. The Morgan fingerprint density at radius 2 is 2.21 bits per heavy atom. The van der Waals surface area contributed by atoms with Crippen molar-refractivity contribution >= 4 is 23.6 Å². The average molecular weight is 217 g/mol. The largest absolute Gasteiger partial charge is 0.368 e. The molecule has 0 aromatic carbocycles. The van der Waals surface area contributed by atoms with Crippen LogP contribution in [0.3, 0.4) is 0 Å². The van der Waals surface area contributed by atoms with Crippen LogP contribution < -0.4 is 11.5 Å². The minimum Gasteiger partial charge on any atom is -0.368 e. The van der Waals surface area contributed by atoms with Crippen LogP contribution in [-0.2, 0) is 9.59 Å². The van der Waals surface area contributed by atoms with E-state index in [1.807, 2.05) is 0 Å². The molecule has 0 saturated carbocycles. The molecular formula is C8H15N3O2S. The zero-order valence-corrected chi connectivity index (χ0v) is 8.76. The lowest BCUT2D eigenvalue weighted by Gasteiger charge is -2.38. The van der Waals surface area contributed by atoms with Crippen LogP contribution in [0.1, 0.15) is 6.42 Å².